The lowest BCUT2D eigenvalue weighted by molar-refractivity contribution is 0.310. The van der Waals surface area contributed by atoms with Crippen molar-refractivity contribution in [3.8, 4) is 0 Å². The molecule has 72 valence electrons. The summed E-state index contributed by atoms with van der Waals surface area (Å²) in [6.07, 6.45) is 6.38. The Bertz CT molecular complexity index is 277. The number of hydrogen-bond donors (Lipinski definition) is 1. The van der Waals surface area contributed by atoms with Gasteiger partial charge in [-0.3, -0.25) is 0 Å². The molecular formula is C9H16N4. The quantitative estimate of drug-likeness (QED) is 0.736. The summed E-state index contributed by atoms with van der Waals surface area (Å²) in [6, 6.07) is 0.824. The van der Waals surface area contributed by atoms with Crippen LogP contribution >= 0.6 is 0 Å². The van der Waals surface area contributed by atoms with E-state index in [9.17, 15) is 0 Å². The zero-order valence-corrected chi connectivity index (χ0v) is 7.98. The number of rotatable bonds is 4. The maximum absolute atomic E-state index is 5.65. The minimum atomic E-state index is 0.615. The number of likely N-dealkylation sites (N-methyl/N-ethyl adjacent to an activating group) is 1. The van der Waals surface area contributed by atoms with Gasteiger partial charge in [0.25, 0.3) is 0 Å². The summed E-state index contributed by atoms with van der Waals surface area (Å²) in [5.41, 5.74) is 5.65. The second-order valence-corrected chi connectivity index (χ2v) is 3.69. The molecule has 1 aromatic rings. The molecule has 0 aromatic carbocycles. The summed E-state index contributed by atoms with van der Waals surface area (Å²) >= 11 is 0. The second-order valence-electron chi connectivity index (χ2n) is 3.69. The minimum Gasteiger partial charge on any atom is -0.369 e. The lowest BCUT2D eigenvalue weighted by Crippen LogP contribution is -2.25. The lowest BCUT2D eigenvalue weighted by Gasteiger charge is -2.15. The van der Waals surface area contributed by atoms with Crippen LogP contribution in [-0.4, -0.2) is 34.1 Å². The molecule has 0 atom stereocenters. The lowest BCUT2D eigenvalue weighted by atomic mass is 10.5. The molecule has 1 aromatic heterocycles. The van der Waals surface area contributed by atoms with E-state index < -0.39 is 0 Å². The fourth-order valence-electron chi connectivity index (χ4n) is 1.49. The van der Waals surface area contributed by atoms with Crippen molar-refractivity contribution in [2.75, 3.05) is 19.3 Å². The van der Waals surface area contributed by atoms with Gasteiger partial charge in [-0.05, 0) is 19.9 Å². The number of imidazole rings is 1. The van der Waals surface area contributed by atoms with E-state index in [1.165, 1.54) is 12.8 Å². The molecule has 4 heteroatoms. The van der Waals surface area contributed by atoms with Gasteiger partial charge in [-0.15, -0.1) is 0 Å². The van der Waals surface area contributed by atoms with Crippen molar-refractivity contribution in [1.29, 1.82) is 0 Å². The summed E-state index contributed by atoms with van der Waals surface area (Å²) in [5, 5.41) is 0. The van der Waals surface area contributed by atoms with E-state index in [4.69, 9.17) is 5.73 Å². The van der Waals surface area contributed by atoms with Gasteiger partial charge in [0.15, 0.2) is 5.95 Å². The molecule has 1 aliphatic carbocycles. The molecule has 1 aliphatic rings. The van der Waals surface area contributed by atoms with Crippen LogP contribution in [0.4, 0.5) is 5.95 Å². The maximum atomic E-state index is 5.65. The van der Waals surface area contributed by atoms with Gasteiger partial charge in [-0.25, -0.2) is 4.98 Å². The highest BCUT2D eigenvalue weighted by Gasteiger charge is 2.25. The first-order valence-corrected chi connectivity index (χ1v) is 4.74. The van der Waals surface area contributed by atoms with E-state index in [1.54, 1.807) is 6.20 Å². The molecule has 4 nitrogen and oxygen atoms in total. The first-order chi connectivity index (χ1) is 6.27. The fourth-order valence-corrected chi connectivity index (χ4v) is 1.49. The Morgan fingerprint density at radius 2 is 2.46 bits per heavy atom. The summed E-state index contributed by atoms with van der Waals surface area (Å²) in [4.78, 5) is 6.37. The van der Waals surface area contributed by atoms with Crippen LogP contribution < -0.4 is 5.73 Å². The van der Waals surface area contributed by atoms with Crippen LogP contribution in [0.2, 0.25) is 0 Å². The van der Waals surface area contributed by atoms with Gasteiger partial charge in [0.05, 0.1) is 0 Å². The summed E-state index contributed by atoms with van der Waals surface area (Å²) < 4.78 is 1.98. The largest absolute Gasteiger partial charge is 0.369 e. The predicted molar refractivity (Wildman–Crippen MR) is 52.3 cm³/mol. The van der Waals surface area contributed by atoms with E-state index in [-0.39, 0.29) is 0 Å². The van der Waals surface area contributed by atoms with Crippen molar-refractivity contribution in [2.45, 2.75) is 25.4 Å². The Hall–Kier alpha value is -1.03. The van der Waals surface area contributed by atoms with E-state index in [1.807, 2.05) is 10.8 Å². The van der Waals surface area contributed by atoms with Crippen LogP contribution in [0.3, 0.4) is 0 Å². The molecule has 0 aliphatic heterocycles. The Labute approximate surface area is 78.4 Å². The zero-order chi connectivity index (χ0) is 9.26. The van der Waals surface area contributed by atoms with Crippen LogP contribution in [0.15, 0.2) is 12.4 Å². The topological polar surface area (TPSA) is 47.1 Å². The van der Waals surface area contributed by atoms with Gasteiger partial charge in [-0.1, -0.05) is 0 Å². The molecule has 0 spiro atoms. The van der Waals surface area contributed by atoms with Crippen molar-refractivity contribution >= 4 is 5.95 Å². The van der Waals surface area contributed by atoms with Gasteiger partial charge >= 0.3 is 0 Å². The van der Waals surface area contributed by atoms with Crippen LogP contribution in [0, 0.1) is 0 Å². The number of nitrogen functional groups attached to an aromatic ring is 1. The highest BCUT2D eigenvalue weighted by Crippen LogP contribution is 2.24. The molecule has 0 saturated heterocycles. The van der Waals surface area contributed by atoms with Crippen molar-refractivity contribution in [3.63, 3.8) is 0 Å². The normalized spacial score (nSPS) is 16.8. The van der Waals surface area contributed by atoms with Gasteiger partial charge < -0.3 is 15.2 Å². The van der Waals surface area contributed by atoms with Crippen molar-refractivity contribution in [3.05, 3.63) is 12.4 Å². The summed E-state index contributed by atoms with van der Waals surface area (Å²) in [7, 11) is 2.17. The highest BCUT2D eigenvalue weighted by molar-refractivity contribution is 5.16. The molecule has 13 heavy (non-hydrogen) atoms. The van der Waals surface area contributed by atoms with E-state index in [2.05, 4.69) is 16.9 Å². The molecule has 1 heterocycles. The molecule has 0 amide bonds. The first-order valence-electron chi connectivity index (χ1n) is 4.74. The molecule has 0 unspecified atom stereocenters. The highest BCUT2D eigenvalue weighted by atomic mass is 15.2. The Morgan fingerprint density at radius 3 is 3.00 bits per heavy atom. The Balaban J connectivity index is 1.81. The van der Waals surface area contributed by atoms with E-state index >= 15 is 0 Å². The average Bonchev–Trinajstić information content (AvgIpc) is 2.88. The number of nitrogens with zero attached hydrogens (tertiary/aromatic N) is 3. The Kier molecular flexibility index (Phi) is 2.22. The molecule has 2 N–H and O–H groups in total. The third-order valence-electron chi connectivity index (χ3n) is 2.61. The van der Waals surface area contributed by atoms with Gasteiger partial charge in [-0.2, -0.15) is 0 Å². The predicted octanol–water partition coefficient (Wildman–Crippen LogP) is 0.559. The van der Waals surface area contributed by atoms with Gasteiger partial charge in [0, 0.05) is 31.5 Å². The zero-order valence-electron chi connectivity index (χ0n) is 7.98. The summed E-state index contributed by atoms with van der Waals surface area (Å²) in [6.45, 7) is 2.00. The van der Waals surface area contributed by atoms with Crippen molar-refractivity contribution in [1.82, 2.24) is 14.5 Å². The number of nitrogens with two attached hydrogens (primary N) is 1. The van der Waals surface area contributed by atoms with Crippen molar-refractivity contribution < 1.29 is 0 Å². The molecule has 0 radical (unpaired) electrons. The van der Waals surface area contributed by atoms with Crippen LogP contribution in [-0.2, 0) is 6.54 Å². The number of anilines is 1. The van der Waals surface area contributed by atoms with Gasteiger partial charge in [0.2, 0.25) is 0 Å². The van der Waals surface area contributed by atoms with Crippen LogP contribution in [0.5, 0.6) is 0 Å². The SMILES string of the molecule is CN(CCn1ccnc1N)C1CC1. The van der Waals surface area contributed by atoms with E-state index in [0.29, 0.717) is 5.95 Å². The third kappa shape index (κ3) is 2.01. The van der Waals surface area contributed by atoms with Crippen LogP contribution in [0.25, 0.3) is 0 Å². The van der Waals surface area contributed by atoms with E-state index in [0.717, 1.165) is 19.1 Å². The smallest absolute Gasteiger partial charge is 0.200 e. The molecule has 2 rings (SSSR count). The first kappa shape index (κ1) is 8.56. The average molecular weight is 180 g/mol. The van der Waals surface area contributed by atoms with Crippen molar-refractivity contribution in [2.24, 2.45) is 0 Å². The molecule has 1 fully saturated rings. The third-order valence-corrected chi connectivity index (χ3v) is 2.61. The molecular weight excluding hydrogens is 164 g/mol. The van der Waals surface area contributed by atoms with Crippen LogP contribution in [0.1, 0.15) is 12.8 Å². The monoisotopic (exact) mass is 180 g/mol. The number of aromatic nitrogens is 2. The summed E-state index contributed by atoms with van der Waals surface area (Å²) in [5.74, 6) is 0.615. The molecule has 1 saturated carbocycles. The second kappa shape index (κ2) is 3.38. The Morgan fingerprint density at radius 1 is 1.69 bits per heavy atom. The standard InChI is InChI=1S/C9H16N4/c1-12(8-2-3-8)6-7-13-5-4-11-9(13)10/h4-5,8H,2-3,6-7H2,1H3,(H2,10,11). The molecule has 0 bridgehead atoms. The number of hydrogen-bond acceptors (Lipinski definition) is 3. The maximum Gasteiger partial charge on any atom is 0.200 e. The van der Waals surface area contributed by atoms with Gasteiger partial charge in [0.1, 0.15) is 0 Å². The minimum absolute atomic E-state index is 0.615. The fraction of sp³-hybridized carbons (Fsp3) is 0.667.